The molecule has 210 valence electrons. The lowest BCUT2D eigenvalue weighted by atomic mass is 10.0. The molecule has 2 saturated heterocycles. The standard InChI is InChI=1S/C26H32N4O7S2/c1-26(2)22(30(17-38-26)39(35,36)20-7-6-12-27-16-20)23(31)28-21(24(32)33)15-18-8-10-19(11-9-18)37-25(34)29-13-4-3-5-14-29/h6-12,16,21-22H,3-5,13-15,17H2,1-2H3,(H,28,31)(H,32,33)/t21-,22+/m0/s1. The summed E-state index contributed by atoms with van der Waals surface area (Å²) in [6.07, 6.45) is 5.19. The number of piperidine rings is 1. The monoisotopic (exact) mass is 576 g/mol. The van der Waals surface area contributed by atoms with Crippen LogP contribution in [0.15, 0.2) is 53.7 Å². The van der Waals surface area contributed by atoms with E-state index >= 15 is 0 Å². The summed E-state index contributed by atoms with van der Waals surface area (Å²) in [4.78, 5) is 43.3. The Balaban J connectivity index is 1.44. The third-order valence-corrected chi connectivity index (χ3v) is 10.1. The predicted octanol–water partition coefficient (Wildman–Crippen LogP) is 2.72. The van der Waals surface area contributed by atoms with E-state index in [0.717, 1.165) is 23.6 Å². The molecule has 3 heterocycles. The van der Waals surface area contributed by atoms with Gasteiger partial charge in [0.1, 0.15) is 22.7 Å². The highest BCUT2D eigenvalue weighted by Crippen LogP contribution is 2.42. The summed E-state index contributed by atoms with van der Waals surface area (Å²) in [5, 5.41) is 12.4. The summed E-state index contributed by atoms with van der Waals surface area (Å²) in [6.45, 7) is 4.82. The second kappa shape index (κ2) is 11.9. The number of carbonyl (C=O) groups excluding carboxylic acids is 2. The molecule has 0 unspecified atom stereocenters. The molecule has 0 radical (unpaired) electrons. The lowest BCUT2D eigenvalue weighted by molar-refractivity contribution is -0.142. The highest BCUT2D eigenvalue weighted by molar-refractivity contribution is 8.02. The maximum atomic E-state index is 13.4. The molecule has 39 heavy (non-hydrogen) atoms. The molecule has 2 atom stereocenters. The lowest BCUT2D eigenvalue weighted by Crippen LogP contribution is -2.56. The number of amides is 2. The summed E-state index contributed by atoms with van der Waals surface area (Å²) in [6, 6.07) is 6.89. The van der Waals surface area contributed by atoms with Gasteiger partial charge in [0.2, 0.25) is 15.9 Å². The van der Waals surface area contributed by atoms with Crippen LogP contribution in [0.2, 0.25) is 0 Å². The van der Waals surface area contributed by atoms with Gasteiger partial charge in [-0.05, 0) is 62.9 Å². The van der Waals surface area contributed by atoms with Crippen molar-refractivity contribution in [3.63, 3.8) is 0 Å². The minimum Gasteiger partial charge on any atom is -0.480 e. The molecular weight excluding hydrogens is 544 g/mol. The molecule has 11 nitrogen and oxygen atoms in total. The molecule has 1 aromatic heterocycles. The van der Waals surface area contributed by atoms with Crippen LogP contribution in [0.3, 0.4) is 0 Å². The van der Waals surface area contributed by atoms with Crippen molar-refractivity contribution in [2.24, 2.45) is 0 Å². The Morgan fingerprint density at radius 3 is 2.46 bits per heavy atom. The number of aromatic nitrogens is 1. The Bertz CT molecular complexity index is 1300. The van der Waals surface area contributed by atoms with E-state index in [1.165, 1.54) is 36.3 Å². The van der Waals surface area contributed by atoms with Gasteiger partial charge in [-0.25, -0.2) is 18.0 Å². The van der Waals surface area contributed by atoms with Gasteiger partial charge in [0.25, 0.3) is 0 Å². The summed E-state index contributed by atoms with van der Waals surface area (Å²) in [5.41, 5.74) is 0.598. The summed E-state index contributed by atoms with van der Waals surface area (Å²) >= 11 is 1.29. The molecule has 2 fully saturated rings. The number of nitrogens with zero attached hydrogens (tertiary/aromatic N) is 3. The first kappa shape index (κ1) is 28.8. The first-order valence-electron chi connectivity index (χ1n) is 12.6. The normalized spacial score (nSPS) is 20.3. The Hall–Kier alpha value is -3.16. The molecule has 0 saturated carbocycles. The van der Waals surface area contributed by atoms with Gasteiger partial charge in [-0.1, -0.05) is 12.1 Å². The maximum Gasteiger partial charge on any atom is 0.415 e. The number of ether oxygens (including phenoxy) is 1. The Morgan fingerprint density at radius 2 is 1.85 bits per heavy atom. The van der Waals surface area contributed by atoms with E-state index in [1.807, 2.05) is 0 Å². The van der Waals surface area contributed by atoms with Crippen LogP contribution in [0.1, 0.15) is 38.7 Å². The van der Waals surface area contributed by atoms with Crippen LogP contribution in [-0.2, 0) is 26.0 Å². The van der Waals surface area contributed by atoms with E-state index in [-0.39, 0.29) is 17.2 Å². The van der Waals surface area contributed by atoms with Gasteiger partial charge in [0, 0.05) is 36.7 Å². The fourth-order valence-corrected chi connectivity index (χ4v) is 7.78. The summed E-state index contributed by atoms with van der Waals surface area (Å²) < 4.78 is 32.3. The van der Waals surface area contributed by atoms with Gasteiger partial charge >= 0.3 is 12.1 Å². The van der Waals surface area contributed by atoms with Crippen molar-refractivity contribution in [3.05, 3.63) is 54.4 Å². The van der Waals surface area contributed by atoms with Crippen molar-refractivity contribution in [2.75, 3.05) is 19.0 Å². The van der Waals surface area contributed by atoms with E-state index in [1.54, 1.807) is 43.0 Å². The lowest BCUT2D eigenvalue weighted by Gasteiger charge is -2.30. The van der Waals surface area contributed by atoms with Crippen molar-refractivity contribution >= 4 is 39.8 Å². The topological polar surface area (TPSA) is 146 Å². The molecule has 0 spiro atoms. The van der Waals surface area contributed by atoms with Gasteiger partial charge in [0.15, 0.2) is 0 Å². The Labute approximate surface area is 232 Å². The minimum absolute atomic E-state index is 0.0393. The fraction of sp³-hybridized carbons (Fsp3) is 0.462. The van der Waals surface area contributed by atoms with Crippen LogP contribution in [0, 0.1) is 0 Å². The molecule has 1 aromatic carbocycles. The second-order valence-electron chi connectivity index (χ2n) is 10.0. The quantitative estimate of drug-likeness (QED) is 0.484. The number of carboxylic acids is 1. The first-order chi connectivity index (χ1) is 18.5. The van der Waals surface area contributed by atoms with E-state index in [2.05, 4.69) is 10.3 Å². The molecule has 13 heteroatoms. The number of likely N-dealkylation sites (tertiary alicyclic amines) is 1. The number of benzene rings is 1. The van der Waals surface area contributed by atoms with E-state index < -0.39 is 44.8 Å². The number of rotatable bonds is 8. The third-order valence-electron chi connectivity index (χ3n) is 6.80. The van der Waals surface area contributed by atoms with Crippen LogP contribution in [0.4, 0.5) is 4.79 Å². The molecule has 2 aromatic rings. The highest BCUT2D eigenvalue weighted by Gasteiger charge is 2.51. The van der Waals surface area contributed by atoms with Crippen molar-refractivity contribution < 1.29 is 32.6 Å². The van der Waals surface area contributed by atoms with Crippen molar-refractivity contribution in [1.29, 1.82) is 0 Å². The number of hydrogen-bond acceptors (Lipinski definition) is 8. The molecule has 2 N–H and O–H groups in total. The fourth-order valence-electron chi connectivity index (χ4n) is 4.64. The number of pyridine rings is 1. The molecule has 2 aliphatic heterocycles. The summed E-state index contributed by atoms with van der Waals surface area (Å²) in [5.74, 6) is -1.57. The zero-order valence-corrected chi connectivity index (χ0v) is 23.4. The Morgan fingerprint density at radius 1 is 1.15 bits per heavy atom. The van der Waals surface area contributed by atoms with Gasteiger partial charge in [-0.2, -0.15) is 4.31 Å². The van der Waals surface area contributed by atoms with Crippen LogP contribution in [0.5, 0.6) is 5.75 Å². The number of aliphatic carboxylic acids is 1. The SMILES string of the molecule is CC1(C)SCN(S(=O)(=O)c2cccnc2)[C@@H]1C(=O)N[C@@H](Cc1ccc(OC(=O)N2CCCCC2)cc1)C(=O)O. The molecular formula is C26H32N4O7S2. The molecule has 2 aliphatic rings. The van der Waals surface area contributed by atoms with Gasteiger partial charge in [-0.3, -0.25) is 9.78 Å². The van der Waals surface area contributed by atoms with Crippen LogP contribution in [-0.4, -0.2) is 81.5 Å². The van der Waals surface area contributed by atoms with Crippen LogP contribution < -0.4 is 10.1 Å². The number of thioether (sulfide) groups is 1. The largest absolute Gasteiger partial charge is 0.480 e. The van der Waals surface area contributed by atoms with Crippen LogP contribution >= 0.6 is 11.8 Å². The van der Waals surface area contributed by atoms with Crippen LogP contribution in [0.25, 0.3) is 0 Å². The van der Waals surface area contributed by atoms with E-state index in [0.29, 0.717) is 24.4 Å². The third kappa shape index (κ3) is 6.71. The van der Waals surface area contributed by atoms with E-state index in [9.17, 15) is 27.9 Å². The highest BCUT2D eigenvalue weighted by atomic mass is 32.2. The average Bonchev–Trinajstić information content (AvgIpc) is 3.25. The number of nitrogens with one attached hydrogen (secondary N) is 1. The van der Waals surface area contributed by atoms with Crippen molar-refractivity contribution in [1.82, 2.24) is 19.5 Å². The van der Waals surface area contributed by atoms with Crippen molar-refractivity contribution in [2.45, 2.75) is 61.3 Å². The molecule has 0 aliphatic carbocycles. The molecule has 2 amide bonds. The average molecular weight is 577 g/mol. The molecule has 4 rings (SSSR count). The number of sulfonamides is 1. The van der Waals surface area contributed by atoms with E-state index in [4.69, 9.17) is 4.74 Å². The second-order valence-corrected chi connectivity index (χ2v) is 13.5. The van der Waals surface area contributed by atoms with Gasteiger partial charge in [-0.15, -0.1) is 11.8 Å². The van der Waals surface area contributed by atoms with Crippen molar-refractivity contribution in [3.8, 4) is 5.75 Å². The predicted molar refractivity (Wildman–Crippen MR) is 145 cm³/mol. The maximum absolute atomic E-state index is 13.4. The van der Waals surface area contributed by atoms with Gasteiger partial charge < -0.3 is 20.1 Å². The Kier molecular flexibility index (Phi) is 8.82. The first-order valence-corrected chi connectivity index (χ1v) is 15.1. The molecule has 0 bridgehead atoms. The summed E-state index contributed by atoms with van der Waals surface area (Å²) in [7, 11) is -4.05. The smallest absolute Gasteiger partial charge is 0.415 e. The zero-order valence-electron chi connectivity index (χ0n) is 21.8. The number of carbonyl (C=O) groups is 3. The zero-order chi connectivity index (χ0) is 28.2. The number of hydrogen-bond donors (Lipinski definition) is 2. The minimum atomic E-state index is -4.05. The van der Waals surface area contributed by atoms with Gasteiger partial charge in [0.05, 0.1) is 5.88 Å². The number of carboxylic acid groups (broad SMARTS) is 1.